The molecular formula is C18H14F2N4O2S. The summed E-state index contributed by atoms with van der Waals surface area (Å²) in [7, 11) is 0. The average Bonchev–Trinajstić information content (AvgIpc) is 3.07. The second kappa shape index (κ2) is 7.36. The fourth-order valence-electron chi connectivity index (χ4n) is 2.68. The summed E-state index contributed by atoms with van der Waals surface area (Å²) in [5, 5.41) is 10.1. The van der Waals surface area contributed by atoms with E-state index in [2.05, 4.69) is 10.2 Å². The van der Waals surface area contributed by atoms with Crippen molar-refractivity contribution in [2.24, 2.45) is 0 Å². The lowest BCUT2D eigenvalue weighted by Gasteiger charge is -2.29. The normalized spacial score (nSPS) is 13.6. The van der Waals surface area contributed by atoms with Crippen molar-refractivity contribution in [2.45, 2.75) is 18.3 Å². The largest absolute Gasteiger partial charge is 0.485 e. The third kappa shape index (κ3) is 3.63. The van der Waals surface area contributed by atoms with Crippen LogP contribution in [0.25, 0.3) is 0 Å². The van der Waals surface area contributed by atoms with Crippen LogP contribution < -0.4 is 9.75 Å². The summed E-state index contributed by atoms with van der Waals surface area (Å²) in [4.78, 5) is 12.5. The molecule has 1 aliphatic heterocycles. The van der Waals surface area contributed by atoms with Crippen LogP contribution in [0, 0.1) is 11.6 Å². The third-order valence-electron chi connectivity index (χ3n) is 3.97. The number of hydrogen-bond acceptors (Lipinski definition) is 5. The Morgan fingerprint density at radius 3 is 2.78 bits per heavy atom. The van der Waals surface area contributed by atoms with Crippen LogP contribution >= 0.6 is 11.8 Å². The molecule has 2 heterocycles. The van der Waals surface area contributed by atoms with E-state index in [1.807, 2.05) is 0 Å². The van der Waals surface area contributed by atoms with Crippen molar-refractivity contribution in [2.75, 3.05) is 10.8 Å². The quantitative estimate of drug-likeness (QED) is 0.673. The molecular weight excluding hydrogens is 374 g/mol. The minimum absolute atomic E-state index is 0.0158. The molecule has 0 aliphatic carbocycles. The molecule has 0 radical (unpaired) electrons. The number of aromatic nitrogens is 3. The highest BCUT2D eigenvalue weighted by molar-refractivity contribution is 7.99. The lowest BCUT2D eigenvalue weighted by atomic mass is 10.2. The van der Waals surface area contributed by atoms with Gasteiger partial charge in [-0.15, -0.1) is 10.2 Å². The SMILES string of the molecule is O=C1CSc2nnc(COc3cccc(F)c3)n2N1Cc1ccccc1F. The minimum Gasteiger partial charge on any atom is -0.485 e. The van der Waals surface area contributed by atoms with Crippen LogP contribution in [-0.2, 0) is 17.9 Å². The molecule has 1 aromatic heterocycles. The molecule has 0 N–H and O–H groups in total. The number of fused-ring (bicyclic) bond motifs is 1. The van der Waals surface area contributed by atoms with Crippen LogP contribution in [0.1, 0.15) is 11.4 Å². The molecule has 0 bridgehead atoms. The molecule has 27 heavy (non-hydrogen) atoms. The average molecular weight is 388 g/mol. The Morgan fingerprint density at radius 2 is 1.96 bits per heavy atom. The van der Waals surface area contributed by atoms with Crippen molar-refractivity contribution in [3.63, 3.8) is 0 Å². The summed E-state index contributed by atoms with van der Waals surface area (Å²) in [6, 6.07) is 12.0. The molecule has 0 fully saturated rings. The Labute approximate surface area is 157 Å². The first-order valence-corrected chi connectivity index (χ1v) is 9.10. The number of amides is 1. The van der Waals surface area contributed by atoms with Crippen molar-refractivity contribution in [1.29, 1.82) is 0 Å². The Balaban J connectivity index is 1.60. The van der Waals surface area contributed by atoms with Gasteiger partial charge in [-0.25, -0.2) is 18.5 Å². The smallest absolute Gasteiger partial charge is 0.252 e. The highest BCUT2D eigenvalue weighted by atomic mass is 32.2. The number of thioether (sulfide) groups is 1. The number of ether oxygens (including phenoxy) is 1. The van der Waals surface area contributed by atoms with Crippen molar-refractivity contribution in [1.82, 2.24) is 14.9 Å². The van der Waals surface area contributed by atoms with Crippen LogP contribution in [0.3, 0.4) is 0 Å². The molecule has 0 spiro atoms. The first-order valence-electron chi connectivity index (χ1n) is 8.11. The van der Waals surface area contributed by atoms with Gasteiger partial charge in [-0.1, -0.05) is 36.0 Å². The second-order valence-corrected chi connectivity index (χ2v) is 6.73. The Bertz CT molecular complexity index is 995. The molecule has 4 rings (SSSR count). The van der Waals surface area contributed by atoms with Crippen molar-refractivity contribution in [3.8, 4) is 5.75 Å². The fourth-order valence-corrected chi connectivity index (χ4v) is 3.51. The van der Waals surface area contributed by atoms with Gasteiger partial charge in [0.05, 0.1) is 12.3 Å². The maximum Gasteiger partial charge on any atom is 0.252 e. The van der Waals surface area contributed by atoms with Gasteiger partial charge in [-0.2, -0.15) is 0 Å². The molecule has 0 atom stereocenters. The van der Waals surface area contributed by atoms with Gasteiger partial charge in [0.25, 0.3) is 5.91 Å². The first-order chi connectivity index (χ1) is 13.1. The van der Waals surface area contributed by atoms with E-state index in [1.165, 1.54) is 45.7 Å². The summed E-state index contributed by atoms with van der Waals surface area (Å²) in [6.45, 7) is 0.0299. The molecule has 3 aromatic rings. The minimum atomic E-state index is -0.414. The third-order valence-corrected chi connectivity index (χ3v) is 4.88. The number of benzene rings is 2. The van der Waals surface area contributed by atoms with Crippen molar-refractivity contribution in [3.05, 3.63) is 71.6 Å². The van der Waals surface area contributed by atoms with E-state index in [1.54, 1.807) is 24.3 Å². The fraction of sp³-hybridized carbons (Fsp3) is 0.167. The molecule has 138 valence electrons. The summed E-state index contributed by atoms with van der Waals surface area (Å²) in [6.07, 6.45) is 0. The summed E-state index contributed by atoms with van der Waals surface area (Å²) < 4.78 is 34.4. The van der Waals surface area contributed by atoms with Crippen molar-refractivity contribution >= 4 is 17.7 Å². The zero-order valence-electron chi connectivity index (χ0n) is 14.0. The van der Waals surface area contributed by atoms with E-state index in [0.29, 0.717) is 22.3 Å². The molecule has 0 saturated heterocycles. The first kappa shape index (κ1) is 17.5. The van der Waals surface area contributed by atoms with E-state index >= 15 is 0 Å². The number of halogens is 2. The number of carbonyl (C=O) groups is 1. The predicted octanol–water partition coefficient (Wildman–Crippen LogP) is 2.91. The van der Waals surface area contributed by atoms with E-state index < -0.39 is 11.6 Å². The highest BCUT2D eigenvalue weighted by Crippen LogP contribution is 2.25. The van der Waals surface area contributed by atoms with Crippen LogP contribution in [0.4, 0.5) is 8.78 Å². The van der Waals surface area contributed by atoms with E-state index in [4.69, 9.17) is 4.74 Å². The zero-order valence-corrected chi connectivity index (χ0v) is 14.8. The number of carbonyl (C=O) groups excluding carboxylic acids is 1. The van der Waals surface area contributed by atoms with Crippen LogP contribution in [-0.4, -0.2) is 26.5 Å². The van der Waals surface area contributed by atoms with Gasteiger partial charge in [-0.3, -0.25) is 4.79 Å². The summed E-state index contributed by atoms with van der Waals surface area (Å²) in [5.74, 6) is -0.105. The van der Waals surface area contributed by atoms with E-state index in [9.17, 15) is 13.6 Å². The molecule has 0 saturated carbocycles. The predicted molar refractivity (Wildman–Crippen MR) is 94.8 cm³/mol. The number of nitrogens with zero attached hydrogens (tertiary/aromatic N) is 4. The van der Waals surface area contributed by atoms with Crippen molar-refractivity contribution < 1.29 is 18.3 Å². The second-order valence-electron chi connectivity index (χ2n) is 5.79. The van der Waals surface area contributed by atoms with Crippen LogP contribution in [0.5, 0.6) is 5.75 Å². The molecule has 6 nitrogen and oxygen atoms in total. The van der Waals surface area contributed by atoms with Gasteiger partial charge in [-0.05, 0) is 18.2 Å². The lowest BCUT2D eigenvalue weighted by molar-refractivity contribution is -0.118. The molecule has 1 amide bonds. The Kier molecular flexibility index (Phi) is 4.76. The van der Waals surface area contributed by atoms with Crippen LogP contribution in [0.2, 0.25) is 0 Å². The summed E-state index contributed by atoms with van der Waals surface area (Å²) in [5.41, 5.74) is 0.384. The van der Waals surface area contributed by atoms with Gasteiger partial charge < -0.3 is 4.74 Å². The lowest BCUT2D eigenvalue weighted by Crippen LogP contribution is -2.45. The zero-order chi connectivity index (χ0) is 18.8. The monoisotopic (exact) mass is 388 g/mol. The number of hydrogen-bond donors (Lipinski definition) is 0. The summed E-state index contributed by atoms with van der Waals surface area (Å²) >= 11 is 1.25. The van der Waals surface area contributed by atoms with Gasteiger partial charge in [0.15, 0.2) is 5.82 Å². The van der Waals surface area contributed by atoms with Crippen LogP contribution in [0.15, 0.2) is 53.7 Å². The molecule has 9 heteroatoms. The molecule has 2 aromatic carbocycles. The van der Waals surface area contributed by atoms with Gasteiger partial charge in [0.1, 0.15) is 24.0 Å². The highest BCUT2D eigenvalue weighted by Gasteiger charge is 2.29. The molecule has 0 unspecified atom stereocenters. The molecule has 1 aliphatic rings. The standard InChI is InChI=1S/C18H14F2N4O2S/c19-13-5-3-6-14(8-13)26-10-16-21-22-18-24(16)23(17(25)11-27-18)9-12-4-1-2-7-15(12)20/h1-8H,9-11H2. The van der Waals surface area contributed by atoms with Gasteiger partial charge >= 0.3 is 0 Å². The topological polar surface area (TPSA) is 60.2 Å². The van der Waals surface area contributed by atoms with Gasteiger partial charge in [0, 0.05) is 11.6 Å². The Hall–Kier alpha value is -2.94. The maximum atomic E-state index is 14.0. The van der Waals surface area contributed by atoms with E-state index in [0.717, 1.165) is 0 Å². The Morgan fingerprint density at radius 1 is 1.11 bits per heavy atom. The van der Waals surface area contributed by atoms with Gasteiger partial charge in [0.2, 0.25) is 5.16 Å². The number of rotatable bonds is 5. The maximum absolute atomic E-state index is 14.0. The van der Waals surface area contributed by atoms with E-state index in [-0.39, 0.29) is 24.8 Å².